The first-order valence-electron chi connectivity index (χ1n) is 9.99. The van der Waals surface area contributed by atoms with Gasteiger partial charge in [0, 0.05) is 43.6 Å². The molecule has 0 unspecified atom stereocenters. The van der Waals surface area contributed by atoms with Crippen molar-refractivity contribution in [2.45, 2.75) is 32.1 Å². The van der Waals surface area contributed by atoms with Crippen molar-refractivity contribution < 1.29 is 9.18 Å². The van der Waals surface area contributed by atoms with Gasteiger partial charge in [-0.25, -0.2) is 4.39 Å². The van der Waals surface area contributed by atoms with Gasteiger partial charge in [0.15, 0.2) is 0 Å². The molecule has 5 nitrogen and oxygen atoms in total. The van der Waals surface area contributed by atoms with E-state index in [4.69, 9.17) is 4.98 Å². The number of carbonyl (C=O) groups is 1. The summed E-state index contributed by atoms with van der Waals surface area (Å²) in [5.41, 5.74) is 4.84. The number of nitrogens with zero attached hydrogens (tertiary/aromatic N) is 4. The van der Waals surface area contributed by atoms with Gasteiger partial charge in [0.05, 0.1) is 0 Å². The average molecular weight is 392 g/mol. The first-order valence-corrected chi connectivity index (χ1v) is 9.99. The minimum Gasteiger partial charge on any atom is -0.337 e. The molecule has 3 heterocycles. The van der Waals surface area contributed by atoms with Crippen molar-refractivity contribution in [3.8, 4) is 0 Å². The number of amides is 1. The number of benzene rings is 1. The largest absolute Gasteiger partial charge is 0.337 e. The van der Waals surface area contributed by atoms with Gasteiger partial charge >= 0.3 is 0 Å². The van der Waals surface area contributed by atoms with Crippen molar-refractivity contribution >= 4 is 5.91 Å². The Kier molecular flexibility index (Phi) is 5.43. The Morgan fingerprint density at radius 1 is 1.17 bits per heavy atom. The van der Waals surface area contributed by atoms with Crippen molar-refractivity contribution in [2.24, 2.45) is 7.05 Å². The normalized spacial score (nSPS) is 16.8. The molecular weight excluding hydrogens is 367 g/mol. The topological polar surface area (TPSA) is 51.0 Å². The second-order valence-corrected chi connectivity index (χ2v) is 7.78. The van der Waals surface area contributed by atoms with Crippen LogP contribution in [0.5, 0.6) is 0 Å². The Bertz CT molecular complexity index is 1010. The molecule has 1 aliphatic rings. The second kappa shape index (κ2) is 8.15. The minimum atomic E-state index is -0.222. The van der Waals surface area contributed by atoms with Gasteiger partial charge in [-0.15, -0.1) is 0 Å². The van der Waals surface area contributed by atoms with E-state index in [1.165, 1.54) is 12.1 Å². The molecule has 0 radical (unpaired) electrons. The van der Waals surface area contributed by atoms with Crippen molar-refractivity contribution in [1.82, 2.24) is 19.7 Å². The highest BCUT2D eigenvalue weighted by atomic mass is 19.1. The van der Waals surface area contributed by atoms with Gasteiger partial charge in [-0.2, -0.15) is 5.10 Å². The van der Waals surface area contributed by atoms with Gasteiger partial charge in [0.1, 0.15) is 11.5 Å². The number of carbonyl (C=O) groups excluding carboxylic acids is 1. The van der Waals surface area contributed by atoms with Crippen molar-refractivity contribution in [3.63, 3.8) is 0 Å². The highest BCUT2D eigenvalue weighted by Gasteiger charge is 2.27. The molecule has 1 saturated heterocycles. The van der Waals surface area contributed by atoms with Crippen LogP contribution < -0.4 is 0 Å². The van der Waals surface area contributed by atoms with E-state index in [1.807, 2.05) is 24.0 Å². The van der Waals surface area contributed by atoms with Crippen LogP contribution in [0.1, 0.15) is 51.8 Å². The predicted octanol–water partition coefficient (Wildman–Crippen LogP) is 3.87. The van der Waals surface area contributed by atoms with E-state index in [0.717, 1.165) is 48.3 Å². The fourth-order valence-corrected chi connectivity index (χ4v) is 4.07. The van der Waals surface area contributed by atoms with Crippen LogP contribution in [-0.2, 0) is 13.5 Å². The molecule has 29 heavy (non-hydrogen) atoms. The van der Waals surface area contributed by atoms with Gasteiger partial charge in [0.25, 0.3) is 5.91 Å². The zero-order valence-corrected chi connectivity index (χ0v) is 16.8. The maximum atomic E-state index is 13.2. The fraction of sp³-hybridized carbons (Fsp3) is 0.348. The molecule has 0 spiro atoms. The van der Waals surface area contributed by atoms with Crippen molar-refractivity contribution in [2.75, 3.05) is 13.1 Å². The van der Waals surface area contributed by atoms with E-state index >= 15 is 0 Å². The molecule has 1 aromatic carbocycles. The summed E-state index contributed by atoms with van der Waals surface area (Å²) in [4.78, 5) is 19.6. The summed E-state index contributed by atoms with van der Waals surface area (Å²) < 4.78 is 14.8. The summed E-state index contributed by atoms with van der Waals surface area (Å²) >= 11 is 0. The zero-order valence-electron chi connectivity index (χ0n) is 16.8. The summed E-state index contributed by atoms with van der Waals surface area (Å²) in [6.07, 6.45) is 4.36. The summed E-state index contributed by atoms with van der Waals surface area (Å²) in [5, 5.41) is 4.11. The maximum Gasteiger partial charge on any atom is 0.272 e. The van der Waals surface area contributed by atoms with E-state index in [1.54, 1.807) is 24.0 Å². The summed E-state index contributed by atoms with van der Waals surface area (Å²) in [6, 6.07) is 12.6. The molecule has 1 amide bonds. The van der Waals surface area contributed by atoms with Crippen LogP contribution in [0.3, 0.4) is 0 Å². The first-order chi connectivity index (χ1) is 14.0. The van der Waals surface area contributed by atoms with E-state index in [9.17, 15) is 9.18 Å². The smallest absolute Gasteiger partial charge is 0.272 e. The Morgan fingerprint density at radius 3 is 2.69 bits per heavy atom. The van der Waals surface area contributed by atoms with E-state index in [-0.39, 0.29) is 17.6 Å². The second-order valence-electron chi connectivity index (χ2n) is 7.78. The monoisotopic (exact) mass is 392 g/mol. The maximum absolute atomic E-state index is 13.2. The van der Waals surface area contributed by atoms with Gasteiger partial charge in [-0.1, -0.05) is 12.1 Å². The molecule has 0 N–H and O–H groups in total. The van der Waals surface area contributed by atoms with E-state index in [2.05, 4.69) is 17.2 Å². The predicted molar refractivity (Wildman–Crippen MR) is 109 cm³/mol. The van der Waals surface area contributed by atoms with Crippen LogP contribution in [-0.4, -0.2) is 38.7 Å². The summed E-state index contributed by atoms with van der Waals surface area (Å²) in [7, 11) is 1.79. The van der Waals surface area contributed by atoms with Crippen LogP contribution in [0.15, 0.2) is 48.7 Å². The molecule has 3 aromatic rings. The third-order valence-electron chi connectivity index (χ3n) is 5.52. The highest BCUT2D eigenvalue weighted by molar-refractivity contribution is 5.92. The van der Waals surface area contributed by atoms with Gasteiger partial charge in [0.2, 0.25) is 0 Å². The van der Waals surface area contributed by atoms with Crippen LogP contribution in [0.2, 0.25) is 0 Å². The van der Waals surface area contributed by atoms with Crippen LogP contribution in [0.25, 0.3) is 0 Å². The van der Waals surface area contributed by atoms with E-state index < -0.39 is 0 Å². The molecule has 4 rings (SSSR count). The Labute approximate surface area is 170 Å². The molecule has 1 atom stereocenters. The quantitative estimate of drug-likeness (QED) is 0.677. The molecular formula is C23H25FN4O. The zero-order chi connectivity index (χ0) is 20.4. The molecule has 1 aliphatic heterocycles. The average Bonchev–Trinajstić information content (AvgIpc) is 3.15. The van der Waals surface area contributed by atoms with Crippen LogP contribution >= 0.6 is 0 Å². The Balaban J connectivity index is 1.53. The third kappa shape index (κ3) is 4.36. The molecule has 0 aliphatic carbocycles. The highest BCUT2D eigenvalue weighted by Crippen LogP contribution is 2.28. The molecule has 150 valence electrons. The number of hydrogen-bond donors (Lipinski definition) is 0. The van der Waals surface area contributed by atoms with Gasteiger partial charge in [-0.3, -0.25) is 14.5 Å². The number of rotatable bonds is 4. The lowest BCUT2D eigenvalue weighted by Crippen LogP contribution is -2.40. The Morgan fingerprint density at radius 2 is 1.97 bits per heavy atom. The lowest BCUT2D eigenvalue weighted by Gasteiger charge is -2.32. The number of aromatic nitrogens is 3. The van der Waals surface area contributed by atoms with Crippen LogP contribution in [0, 0.1) is 12.7 Å². The number of likely N-dealkylation sites (tertiary alicyclic amines) is 1. The molecule has 2 aromatic heterocycles. The lowest BCUT2D eigenvalue weighted by molar-refractivity contribution is 0.0694. The van der Waals surface area contributed by atoms with Crippen molar-refractivity contribution in [3.05, 3.63) is 82.7 Å². The number of halogens is 1. The first kappa shape index (κ1) is 19.3. The minimum absolute atomic E-state index is 0.0221. The number of pyridine rings is 1. The summed E-state index contributed by atoms with van der Waals surface area (Å²) in [5.74, 6) is 0.0161. The van der Waals surface area contributed by atoms with Gasteiger partial charge in [-0.05, 0) is 67.6 Å². The molecule has 1 fully saturated rings. The molecule has 6 heteroatoms. The number of piperidine rings is 1. The van der Waals surface area contributed by atoms with Gasteiger partial charge < -0.3 is 4.90 Å². The summed E-state index contributed by atoms with van der Waals surface area (Å²) in [6.45, 7) is 3.42. The standard InChI is InChI=1S/C23H25FN4O/c1-16-12-18(13-17-5-7-20(24)8-6-17)14-21(26-16)19-4-3-11-28(15-19)23(29)22-9-10-25-27(22)2/h5-10,12,14,19H,3-4,11,13,15H2,1-2H3/t19-/m0/s1. The lowest BCUT2D eigenvalue weighted by atomic mass is 9.92. The molecule has 0 bridgehead atoms. The van der Waals surface area contributed by atoms with Crippen LogP contribution in [0.4, 0.5) is 4.39 Å². The van der Waals surface area contributed by atoms with Crippen molar-refractivity contribution in [1.29, 1.82) is 0 Å². The number of hydrogen-bond acceptors (Lipinski definition) is 3. The number of aryl methyl sites for hydroxylation is 2. The SMILES string of the molecule is Cc1cc(Cc2ccc(F)cc2)cc([C@H]2CCCN(C(=O)c3ccnn3C)C2)n1. The molecule has 0 saturated carbocycles. The van der Waals surface area contributed by atoms with E-state index in [0.29, 0.717) is 12.2 Å². The fourth-order valence-electron chi connectivity index (χ4n) is 4.07. The third-order valence-corrected chi connectivity index (χ3v) is 5.52. The Hall–Kier alpha value is -3.02.